The van der Waals surface area contributed by atoms with E-state index in [-0.39, 0.29) is 18.5 Å². The molecule has 1 fully saturated rings. The third kappa shape index (κ3) is 4.48. The Bertz CT molecular complexity index is 508. The van der Waals surface area contributed by atoms with Gasteiger partial charge in [0.2, 0.25) is 5.91 Å². The van der Waals surface area contributed by atoms with Crippen molar-refractivity contribution in [1.82, 2.24) is 5.32 Å². The zero-order chi connectivity index (χ0) is 15.2. The highest BCUT2D eigenvalue weighted by Gasteiger charge is 2.19. The Balaban J connectivity index is 1.83. The summed E-state index contributed by atoms with van der Waals surface area (Å²) in [5, 5.41) is 6.02. The molecule has 2 rings (SSSR count). The van der Waals surface area contributed by atoms with Crippen LogP contribution in [0, 0.1) is 5.92 Å². The van der Waals surface area contributed by atoms with Crippen LogP contribution in [0.2, 0.25) is 0 Å². The highest BCUT2D eigenvalue weighted by molar-refractivity contribution is 5.99. The minimum atomic E-state index is -0.500. The molecule has 0 bridgehead atoms. The molecule has 0 unspecified atom stereocenters. The van der Waals surface area contributed by atoms with Crippen molar-refractivity contribution in [3.8, 4) is 0 Å². The summed E-state index contributed by atoms with van der Waals surface area (Å²) < 4.78 is 0. The largest absolute Gasteiger partial charge is 0.376 e. The number of carbonyl (C=O) groups is 2. The number of nitrogens with two attached hydrogens (primary N) is 1. The molecule has 4 N–H and O–H groups in total. The van der Waals surface area contributed by atoms with Gasteiger partial charge in [-0.05, 0) is 43.7 Å². The minimum absolute atomic E-state index is 0.0474. The minimum Gasteiger partial charge on any atom is -0.376 e. The molecule has 21 heavy (non-hydrogen) atoms. The standard InChI is InChI=1S/C16H23N3O2/c1-11-6-8-12(9-7-11)19-15(20)10-18-14-5-3-2-4-13(14)16(17)21/h2-5,11-12,18H,6-10H2,1H3,(H2,17,21)(H,19,20). The van der Waals surface area contributed by atoms with Crippen molar-refractivity contribution in [2.75, 3.05) is 11.9 Å². The number of amides is 2. The van der Waals surface area contributed by atoms with Crippen LogP contribution in [0.4, 0.5) is 5.69 Å². The second kappa shape index (κ2) is 7.11. The fourth-order valence-corrected chi connectivity index (χ4v) is 2.71. The molecule has 114 valence electrons. The van der Waals surface area contributed by atoms with Gasteiger partial charge in [0.05, 0.1) is 12.1 Å². The zero-order valence-corrected chi connectivity index (χ0v) is 12.4. The summed E-state index contributed by atoms with van der Waals surface area (Å²) in [7, 11) is 0. The molecule has 0 radical (unpaired) electrons. The molecule has 1 aromatic rings. The molecule has 0 saturated heterocycles. The van der Waals surface area contributed by atoms with E-state index < -0.39 is 5.91 Å². The third-order valence-corrected chi connectivity index (χ3v) is 4.01. The highest BCUT2D eigenvalue weighted by Crippen LogP contribution is 2.23. The monoisotopic (exact) mass is 289 g/mol. The van der Waals surface area contributed by atoms with Crippen LogP contribution in [0.15, 0.2) is 24.3 Å². The Morgan fingerprint density at radius 3 is 2.52 bits per heavy atom. The van der Waals surface area contributed by atoms with E-state index in [0.29, 0.717) is 11.3 Å². The van der Waals surface area contributed by atoms with Gasteiger partial charge in [0.25, 0.3) is 5.91 Å². The summed E-state index contributed by atoms with van der Waals surface area (Å²) in [4.78, 5) is 23.3. The lowest BCUT2D eigenvalue weighted by Gasteiger charge is -2.27. The highest BCUT2D eigenvalue weighted by atomic mass is 16.2. The molecule has 0 heterocycles. The zero-order valence-electron chi connectivity index (χ0n) is 12.4. The number of anilines is 1. The van der Waals surface area contributed by atoms with Crippen molar-refractivity contribution in [3.05, 3.63) is 29.8 Å². The summed E-state index contributed by atoms with van der Waals surface area (Å²) in [6, 6.07) is 7.21. The van der Waals surface area contributed by atoms with Gasteiger partial charge >= 0.3 is 0 Å². The van der Waals surface area contributed by atoms with Gasteiger partial charge < -0.3 is 16.4 Å². The quantitative estimate of drug-likeness (QED) is 0.774. The van der Waals surface area contributed by atoms with E-state index in [4.69, 9.17) is 5.73 Å². The number of nitrogens with one attached hydrogen (secondary N) is 2. The van der Waals surface area contributed by atoms with E-state index in [1.54, 1.807) is 24.3 Å². The Kier molecular flexibility index (Phi) is 5.20. The van der Waals surface area contributed by atoms with E-state index in [1.165, 1.54) is 12.8 Å². The average molecular weight is 289 g/mol. The van der Waals surface area contributed by atoms with Gasteiger partial charge in [-0.2, -0.15) is 0 Å². The van der Waals surface area contributed by atoms with Crippen LogP contribution < -0.4 is 16.4 Å². The van der Waals surface area contributed by atoms with E-state index >= 15 is 0 Å². The second-order valence-corrected chi connectivity index (χ2v) is 5.79. The van der Waals surface area contributed by atoms with E-state index in [2.05, 4.69) is 17.6 Å². The normalized spacial score (nSPS) is 21.6. The maximum absolute atomic E-state index is 12.0. The molecule has 1 aliphatic carbocycles. The number of hydrogen-bond acceptors (Lipinski definition) is 3. The van der Waals surface area contributed by atoms with Crippen LogP contribution in [-0.2, 0) is 4.79 Å². The number of hydrogen-bond donors (Lipinski definition) is 3. The van der Waals surface area contributed by atoms with Crippen molar-refractivity contribution < 1.29 is 9.59 Å². The van der Waals surface area contributed by atoms with Gasteiger partial charge in [0, 0.05) is 11.7 Å². The molecule has 0 aromatic heterocycles. The van der Waals surface area contributed by atoms with Crippen LogP contribution in [0.1, 0.15) is 43.0 Å². The van der Waals surface area contributed by atoms with Crippen LogP contribution in [0.5, 0.6) is 0 Å². The topological polar surface area (TPSA) is 84.2 Å². The Labute approximate surface area is 125 Å². The van der Waals surface area contributed by atoms with Gasteiger partial charge in [-0.1, -0.05) is 19.1 Å². The molecule has 5 heteroatoms. The van der Waals surface area contributed by atoms with Crippen LogP contribution in [-0.4, -0.2) is 24.4 Å². The summed E-state index contributed by atoms with van der Waals surface area (Å²) in [6.45, 7) is 2.40. The molecule has 0 atom stereocenters. The lowest BCUT2D eigenvalue weighted by molar-refractivity contribution is -0.120. The molecule has 1 saturated carbocycles. The lowest BCUT2D eigenvalue weighted by atomic mass is 9.87. The maximum atomic E-state index is 12.0. The van der Waals surface area contributed by atoms with Gasteiger partial charge in [0.1, 0.15) is 0 Å². The third-order valence-electron chi connectivity index (χ3n) is 4.01. The van der Waals surface area contributed by atoms with Crippen LogP contribution in [0.25, 0.3) is 0 Å². The summed E-state index contributed by atoms with van der Waals surface area (Å²) >= 11 is 0. The molecule has 2 amide bonds. The molecule has 1 aromatic carbocycles. The molecule has 0 aliphatic heterocycles. The number of benzene rings is 1. The van der Waals surface area contributed by atoms with E-state index in [1.807, 2.05) is 0 Å². The first kappa shape index (κ1) is 15.4. The first-order chi connectivity index (χ1) is 10.1. The predicted molar refractivity (Wildman–Crippen MR) is 83.0 cm³/mol. The van der Waals surface area contributed by atoms with Gasteiger partial charge in [-0.25, -0.2) is 0 Å². The number of primary amides is 1. The Hall–Kier alpha value is -2.04. The van der Waals surface area contributed by atoms with Crippen molar-refractivity contribution in [2.24, 2.45) is 11.7 Å². The van der Waals surface area contributed by atoms with Gasteiger partial charge in [-0.15, -0.1) is 0 Å². The SMILES string of the molecule is CC1CCC(NC(=O)CNc2ccccc2C(N)=O)CC1. The van der Waals surface area contributed by atoms with E-state index in [9.17, 15) is 9.59 Å². The summed E-state index contributed by atoms with van der Waals surface area (Å²) in [5.41, 5.74) is 6.30. The van der Waals surface area contributed by atoms with Crippen molar-refractivity contribution in [2.45, 2.75) is 38.6 Å². The molecule has 1 aliphatic rings. The Morgan fingerprint density at radius 1 is 1.19 bits per heavy atom. The average Bonchev–Trinajstić information content (AvgIpc) is 2.48. The predicted octanol–water partition coefficient (Wildman–Crippen LogP) is 1.89. The van der Waals surface area contributed by atoms with Gasteiger partial charge in [-0.3, -0.25) is 9.59 Å². The van der Waals surface area contributed by atoms with Crippen molar-refractivity contribution >= 4 is 17.5 Å². The summed E-state index contributed by atoms with van der Waals surface area (Å²) in [5.74, 6) is 0.215. The van der Waals surface area contributed by atoms with Crippen molar-refractivity contribution in [1.29, 1.82) is 0 Å². The van der Waals surface area contributed by atoms with Crippen molar-refractivity contribution in [3.63, 3.8) is 0 Å². The van der Waals surface area contributed by atoms with E-state index in [0.717, 1.165) is 18.8 Å². The van der Waals surface area contributed by atoms with Crippen LogP contribution in [0.3, 0.4) is 0 Å². The lowest BCUT2D eigenvalue weighted by Crippen LogP contribution is -2.40. The number of carbonyl (C=O) groups excluding carboxylic acids is 2. The first-order valence-corrected chi connectivity index (χ1v) is 7.48. The molecule has 0 spiro atoms. The number of rotatable bonds is 5. The second-order valence-electron chi connectivity index (χ2n) is 5.79. The maximum Gasteiger partial charge on any atom is 0.250 e. The van der Waals surface area contributed by atoms with Gasteiger partial charge in [0.15, 0.2) is 0 Å². The molecular weight excluding hydrogens is 266 g/mol. The molecular formula is C16H23N3O2. The Morgan fingerprint density at radius 2 is 1.86 bits per heavy atom. The first-order valence-electron chi connectivity index (χ1n) is 7.48. The fraction of sp³-hybridized carbons (Fsp3) is 0.500. The molecule has 5 nitrogen and oxygen atoms in total. The van der Waals surface area contributed by atoms with Crippen LogP contribution >= 0.6 is 0 Å². The summed E-state index contributed by atoms with van der Waals surface area (Å²) in [6.07, 6.45) is 4.43. The number of para-hydroxylation sites is 1. The smallest absolute Gasteiger partial charge is 0.250 e. The fourth-order valence-electron chi connectivity index (χ4n) is 2.71.